The normalized spacial score (nSPS) is 12.3. The van der Waals surface area contributed by atoms with Crippen LogP contribution in [-0.2, 0) is 38.8 Å². The number of carboxylic acid groups (broad SMARTS) is 1. The first-order valence-electron chi connectivity index (χ1n) is 18.1. The maximum Gasteiger partial charge on any atom is 0.410 e. The average molecular weight is 760 g/mol. The van der Waals surface area contributed by atoms with Gasteiger partial charge < -0.3 is 39.6 Å². The molecule has 55 heavy (non-hydrogen) atoms. The molecule has 15 heteroatoms. The van der Waals surface area contributed by atoms with Crippen molar-refractivity contribution in [1.82, 2.24) is 14.8 Å². The van der Waals surface area contributed by atoms with Crippen LogP contribution in [0.1, 0.15) is 61.5 Å². The number of ketones is 1. The first-order valence-corrected chi connectivity index (χ1v) is 18.1. The summed E-state index contributed by atoms with van der Waals surface area (Å²) in [5.41, 5.74) is 1.47. The molecular weight excluding hydrogens is 713 g/mol. The van der Waals surface area contributed by atoms with Crippen LogP contribution in [0.2, 0.25) is 0 Å². The fourth-order valence-corrected chi connectivity index (χ4v) is 5.62. The zero-order chi connectivity index (χ0) is 39.9. The van der Waals surface area contributed by atoms with E-state index in [1.165, 1.54) is 23.6 Å². The summed E-state index contributed by atoms with van der Waals surface area (Å²) in [4.78, 5) is 76.5. The number of ether oxygens (including phenoxy) is 2. The number of aromatic nitrogens is 1. The Hall–Kier alpha value is -6.25. The number of anilines is 2. The minimum atomic E-state index is -1.38. The van der Waals surface area contributed by atoms with Gasteiger partial charge in [-0.05, 0) is 42.3 Å². The van der Waals surface area contributed by atoms with Crippen molar-refractivity contribution in [3.05, 3.63) is 106 Å². The second-order valence-electron chi connectivity index (χ2n) is 12.7. The molecule has 1 aliphatic rings. The van der Waals surface area contributed by atoms with Crippen LogP contribution in [0.5, 0.6) is 0 Å². The van der Waals surface area contributed by atoms with E-state index in [1.54, 1.807) is 40.7 Å². The van der Waals surface area contributed by atoms with Gasteiger partial charge in [0, 0.05) is 62.8 Å². The average Bonchev–Trinajstić information content (AvgIpc) is 3.19. The summed E-state index contributed by atoms with van der Waals surface area (Å²) < 4.78 is 27.3. The highest BCUT2D eigenvalue weighted by Gasteiger charge is 2.25. The number of hydrogen-bond donors (Lipinski definition) is 3. The van der Waals surface area contributed by atoms with Gasteiger partial charge in [-0.15, -0.1) is 0 Å². The monoisotopic (exact) mass is 759 g/mol. The second-order valence-corrected chi connectivity index (χ2v) is 12.7. The van der Waals surface area contributed by atoms with Gasteiger partial charge in [0.1, 0.15) is 24.6 Å². The van der Waals surface area contributed by atoms with Crippen LogP contribution in [0.15, 0.2) is 77.7 Å². The Kier molecular flexibility index (Phi) is 15.3. The van der Waals surface area contributed by atoms with Crippen LogP contribution in [0, 0.1) is 5.82 Å². The highest BCUT2D eigenvalue weighted by molar-refractivity contribution is 5.95. The summed E-state index contributed by atoms with van der Waals surface area (Å²) in [5.74, 6) is -2.75. The largest absolute Gasteiger partial charge is 0.477 e. The van der Waals surface area contributed by atoms with E-state index in [0.717, 1.165) is 11.6 Å². The van der Waals surface area contributed by atoms with Crippen molar-refractivity contribution in [3.8, 4) is 0 Å². The molecule has 4 aromatic rings. The molecule has 1 saturated heterocycles. The summed E-state index contributed by atoms with van der Waals surface area (Å²) >= 11 is 0. The maximum absolute atomic E-state index is 15.2. The van der Waals surface area contributed by atoms with Crippen molar-refractivity contribution in [2.24, 2.45) is 0 Å². The Balaban J connectivity index is 0.00000217. The van der Waals surface area contributed by atoms with E-state index in [0.29, 0.717) is 36.4 Å². The molecule has 1 fully saturated rings. The SMILES string of the molecule is CCC.CCn1cc(C(=O)O)c(=O)c2cc(F)c(N3CCN(C(=O)OCc4ccc(NC(=O)CCC(=O)CNC(=O)OCc5ccccc5)cc4)CC3)cc21. The predicted molar refractivity (Wildman–Crippen MR) is 205 cm³/mol. The zero-order valence-electron chi connectivity index (χ0n) is 31.1. The summed E-state index contributed by atoms with van der Waals surface area (Å²) in [6, 6.07) is 18.4. The molecular formula is C40H46FN5O9. The van der Waals surface area contributed by atoms with Crippen LogP contribution >= 0.6 is 0 Å². The van der Waals surface area contributed by atoms with Crippen LogP contribution in [0.4, 0.5) is 25.4 Å². The molecule has 2 heterocycles. The second kappa shape index (κ2) is 20.3. The number of rotatable bonds is 13. The number of carbonyl (C=O) groups is 5. The van der Waals surface area contributed by atoms with Crippen LogP contribution in [0.25, 0.3) is 10.9 Å². The molecule has 14 nitrogen and oxygen atoms in total. The number of hydrogen-bond acceptors (Lipinski definition) is 9. The fraction of sp³-hybridized carbons (Fsp3) is 0.350. The molecule has 0 atom stereocenters. The number of carbonyl (C=O) groups excluding carboxylic acids is 4. The van der Waals surface area contributed by atoms with E-state index >= 15 is 4.39 Å². The Bertz CT molecular complexity index is 2030. The number of pyridine rings is 1. The van der Waals surface area contributed by atoms with E-state index in [4.69, 9.17) is 9.47 Å². The van der Waals surface area contributed by atoms with Crippen molar-refractivity contribution < 1.29 is 42.9 Å². The van der Waals surface area contributed by atoms with Gasteiger partial charge in [0.2, 0.25) is 11.3 Å². The third-order valence-corrected chi connectivity index (χ3v) is 8.47. The number of benzene rings is 3. The van der Waals surface area contributed by atoms with Gasteiger partial charge in [0.15, 0.2) is 5.78 Å². The number of Topliss-reactive ketones (excluding diaryl/α,β-unsaturated/α-hetero) is 1. The van der Waals surface area contributed by atoms with Crippen LogP contribution < -0.4 is 21.0 Å². The minimum absolute atomic E-state index is 0.0162. The van der Waals surface area contributed by atoms with Gasteiger partial charge in [-0.1, -0.05) is 62.7 Å². The molecule has 292 valence electrons. The number of fused-ring (bicyclic) bond motifs is 1. The van der Waals surface area contributed by atoms with Crippen molar-refractivity contribution in [1.29, 1.82) is 0 Å². The Morgan fingerprint density at radius 2 is 1.47 bits per heavy atom. The van der Waals surface area contributed by atoms with E-state index < -0.39 is 35.0 Å². The topological polar surface area (TPSA) is 177 Å². The predicted octanol–water partition coefficient (Wildman–Crippen LogP) is 5.95. The quantitative estimate of drug-likeness (QED) is 0.148. The van der Waals surface area contributed by atoms with Crippen molar-refractivity contribution in [3.63, 3.8) is 0 Å². The zero-order valence-corrected chi connectivity index (χ0v) is 31.1. The van der Waals surface area contributed by atoms with Gasteiger partial charge in [-0.25, -0.2) is 18.8 Å². The highest BCUT2D eigenvalue weighted by atomic mass is 19.1. The lowest BCUT2D eigenvalue weighted by Gasteiger charge is -2.35. The first kappa shape index (κ1) is 41.5. The fourth-order valence-electron chi connectivity index (χ4n) is 5.62. The molecule has 0 bridgehead atoms. The molecule has 0 unspecified atom stereocenters. The third-order valence-electron chi connectivity index (χ3n) is 8.47. The molecule has 0 radical (unpaired) electrons. The molecule has 3 N–H and O–H groups in total. The summed E-state index contributed by atoms with van der Waals surface area (Å²) in [7, 11) is 0. The van der Waals surface area contributed by atoms with Gasteiger partial charge in [0.05, 0.1) is 17.7 Å². The number of alkyl carbamates (subject to hydrolysis) is 1. The molecule has 3 amide bonds. The van der Waals surface area contributed by atoms with Crippen LogP contribution in [0.3, 0.4) is 0 Å². The van der Waals surface area contributed by atoms with Crippen LogP contribution in [-0.4, -0.2) is 77.1 Å². The minimum Gasteiger partial charge on any atom is -0.477 e. The number of halogens is 1. The van der Waals surface area contributed by atoms with E-state index in [2.05, 4.69) is 24.5 Å². The molecule has 0 aliphatic carbocycles. The van der Waals surface area contributed by atoms with Gasteiger partial charge in [-0.2, -0.15) is 0 Å². The molecule has 0 saturated carbocycles. The molecule has 3 aromatic carbocycles. The Labute approximate surface area is 317 Å². The van der Waals surface area contributed by atoms with Crippen molar-refractivity contribution in [2.45, 2.75) is 59.8 Å². The standard InChI is InChI=1S/C37H38FN5O9.C3H8/c1-2-41-21-29(35(47)48)34(46)28-18-30(38)32(19-31(28)41)42-14-16-43(17-15-42)37(50)52-23-25-8-10-26(11-9-25)40-33(45)13-12-27(44)20-39-36(49)51-22-24-6-4-3-5-7-24;1-3-2/h3-11,18-19,21H,2,12-17,20,22-23H2,1H3,(H,39,49)(H,40,45)(H,47,48);3H2,1-2H3. The lowest BCUT2D eigenvalue weighted by Crippen LogP contribution is -2.49. The highest BCUT2D eigenvalue weighted by Crippen LogP contribution is 2.26. The number of nitrogens with one attached hydrogen (secondary N) is 2. The van der Waals surface area contributed by atoms with E-state index in [-0.39, 0.29) is 68.5 Å². The van der Waals surface area contributed by atoms with Crippen molar-refractivity contribution >= 4 is 52.1 Å². The number of carboxylic acids is 1. The summed E-state index contributed by atoms with van der Waals surface area (Å²) in [5, 5.41) is 14.4. The lowest BCUT2D eigenvalue weighted by molar-refractivity contribution is -0.122. The number of aryl methyl sites for hydroxylation is 1. The summed E-state index contributed by atoms with van der Waals surface area (Å²) in [6.45, 7) is 7.35. The van der Waals surface area contributed by atoms with Gasteiger partial charge in [-0.3, -0.25) is 14.4 Å². The number of piperazine rings is 1. The molecule has 5 rings (SSSR count). The molecule has 0 spiro atoms. The summed E-state index contributed by atoms with van der Waals surface area (Å²) in [6.07, 6.45) is 1.10. The van der Waals surface area contributed by atoms with Gasteiger partial charge >= 0.3 is 18.2 Å². The molecule has 1 aromatic heterocycles. The first-order chi connectivity index (χ1) is 26.4. The number of aromatic carboxylic acids is 1. The third kappa shape index (κ3) is 11.9. The lowest BCUT2D eigenvalue weighted by atomic mass is 10.1. The number of nitrogens with zero attached hydrogens (tertiary/aromatic N) is 3. The Morgan fingerprint density at radius 1 is 0.836 bits per heavy atom. The number of amides is 3. The van der Waals surface area contributed by atoms with Crippen molar-refractivity contribution in [2.75, 3.05) is 42.9 Å². The molecule has 1 aliphatic heterocycles. The van der Waals surface area contributed by atoms with E-state index in [9.17, 15) is 33.9 Å². The smallest absolute Gasteiger partial charge is 0.410 e. The Morgan fingerprint density at radius 3 is 2.11 bits per heavy atom. The van der Waals surface area contributed by atoms with Gasteiger partial charge in [0.25, 0.3) is 0 Å². The van der Waals surface area contributed by atoms with E-state index in [1.807, 2.05) is 30.3 Å². The maximum atomic E-state index is 15.2.